The Morgan fingerprint density at radius 3 is 2.36 bits per heavy atom. The molecule has 7 heteroatoms. The van der Waals surface area contributed by atoms with Gasteiger partial charge in [-0.15, -0.1) is 0 Å². The van der Waals surface area contributed by atoms with Crippen LogP contribution in [0, 0.1) is 0 Å². The van der Waals surface area contributed by atoms with Gasteiger partial charge in [-0.2, -0.15) is 0 Å². The Morgan fingerprint density at radius 2 is 1.64 bits per heavy atom. The predicted molar refractivity (Wildman–Crippen MR) is 101 cm³/mol. The van der Waals surface area contributed by atoms with Crippen LogP contribution in [0.15, 0.2) is 54.9 Å². The molecule has 2 aromatic heterocycles. The number of imidazole rings is 1. The number of nitrogens with zero attached hydrogens (tertiary/aromatic N) is 4. The molecule has 2 heterocycles. The maximum Gasteiger partial charge on any atom is 0.165 e. The first-order valence-corrected chi connectivity index (χ1v) is 8.34. The van der Waals surface area contributed by atoms with E-state index in [1.165, 1.54) is 6.33 Å². The summed E-state index contributed by atoms with van der Waals surface area (Å²) in [5.74, 6) is 1.27. The third kappa shape index (κ3) is 2.81. The number of aromatic nitrogens is 4. The summed E-state index contributed by atoms with van der Waals surface area (Å²) in [5, 5.41) is 4.35. The number of rotatable bonds is 3. The fourth-order valence-electron chi connectivity index (χ4n) is 2.68. The van der Waals surface area contributed by atoms with Crippen LogP contribution in [0.5, 0.6) is 0 Å². The topological polar surface area (TPSA) is 55.6 Å². The quantitative estimate of drug-likeness (QED) is 0.546. The Bertz CT molecular complexity index is 1040. The van der Waals surface area contributed by atoms with Crippen molar-refractivity contribution in [1.82, 2.24) is 19.5 Å². The molecule has 0 unspecified atom stereocenters. The van der Waals surface area contributed by atoms with Gasteiger partial charge in [-0.05, 0) is 24.3 Å². The molecule has 0 spiro atoms. The highest BCUT2D eigenvalue weighted by Crippen LogP contribution is 2.36. The van der Waals surface area contributed by atoms with Crippen LogP contribution in [-0.2, 0) is 7.05 Å². The van der Waals surface area contributed by atoms with Gasteiger partial charge in [0.1, 0.15) is 12.2 Å². The van der Waals surface area contributed by atoms with Crippen LogP contribution in [0.1, 0.15) is 0 Å². The van der Waals surface area contributed by atoms with Crippen molar-refractivity contribution in [1.29, 1.82) is 0 Å². The molecule has 0 fully saturated rings. The molecule has 5 nitrogen and oxygen atoms in total. The predicted octanol–water partition coefficient (Wildman–Crippen LogP) is 5.08. The number of anilines is 2. The number of nitrogens with one attached hydrogen (secondary N) is 1. The van der Waals surface area contributed by atoms with E-state index in [1.807, 2.05) is 41.9 Å². The third-order valence-electron chi connectivity index (χ3n) is 3.88. The van der Waals surface area contributed by atoms with Gasteiger partial charge in [0.05, 0.1) is 15.6 Å². The molecule has 25 heavy (non-hydrogen) atoms. The summed E-state index contributed by atoms with van der Waals surface area (Å²) >= 11 is 12.7. The lowest BCUT2D eigenvalue weighted by molar-refractivity contribution is 0.939. The largest absolute Gasteiger partial charge is 0.338 e. The zero-order valence-corrected chi connectivity index (χ0v) is 14.8. The Hall–Kier alpha value is -2.63. The van der Waals surface area contributed by atoms with Crippen LogP contribution in [0.4, 0.5) is 11.5 Å². The van der Waals surface area contributed by atoms with Gasteiger partial charge in [0.2, 0.25) is 0 Å². The summed E-state index contributed by atoms with van der Waals surface area (Å²) in [4.78, 5) is 13.4. The molecule has 124 valence electrons. The molecule has 0 radical (unpaired) electrons. The molecule has 4 aromatic rings. The van der Waals surface area contributed by atoms with E-state index in [0.29, 0.717) is 38.4 Å². The Balaban J connectivity index is 1.89. The van der Waals surface area contributed by atoms with E-state index in [9.17, 15) is 0 Å². The summed E-state index contributed by atoms with van der Waals surface area (Å²) in [7, 11) is 1.88. The number of benzene rings is 2. The minimum Gasteiger partial charge on any atom is -0.338 e. The van der Waals surface area contributed by atoms with Gasteiger partial charge < -0.3 is 9.88 Å². The average Bonchev–Trinajstić information content (AvgIpc) is 2.94. The zero-order chi connectivity index (χ0) is 17.4. The Labute approximate surface area is 154 Å². The van der Waals surface area contributed by atoms with Crippen LogP contribution in [0.3, 0.4) is 0 Å². The number of hydrogen-bond donors (Lipinski definition) is 1. The van der Waals surface area contributed by atoms with E-state index in [1.54, 1.807) is 18.2 Å². The van der Waals surface area contributed by atoms with Crippen molar-refractivity contribution in [2.24, 2.45) is 7.05 Å². The van der Waals surface area contributed by atoms with E-state index in [4.69, 9.17) is 28.2 Å². The zero-order valence-electron chi connectivity index (χ0n) is 13.2. The number of para-hydroxylation sites is 1. The maximum absolute atomic E-state index is 6.34. The fraction of sp³-hybridized carbons (Fsp3) is 0.0556. The van der Waals surface area contributed by atoms with E-state index in [0.717, 1.165) is 5.69 Å². The molecule has 0 atom stereocenters. The van der Waals surface area contributed by atoms with Gasteiger partial charge in [0.25, 0.3) is 0 Å². The van der Waals surface area contributed by atoms with Crippen molar-refractivity contribution in [3.63, 3.8) is 0 Å². The molecule has 0 saturated heterocycles. The molecule has 0 bridgehead atoms. The maximum atomic E-state index is 6.34. The van der Waals surface area contributed by atoms with Gasteiger partial charge >= 0.3 is 0 Å². The SMILES string of the molecule is Cn1c(-c2c(Cl)cccc2Cl)nc2c(Nc3ccccc3)ncnc21. The lowest BCUT2D eigenvalue weighted by atomic mass is 10.2. The van der Waals surface area contributed by atoms with Crippen LogP contribution in [0.2, 0.25) is 10.0 Å². The second kappa shape index (κ2) is 6.35. The Morgan fingerprint density at radius 1 is 0.920 bits per heavy atom. The molecule has 0 aliphatic carbocycles. The van der Waals surface area contributed by atoms with Gasteiger partial charge in [-0.3, -0.25) is 0 Å². The van der Waals surface area contributed by atoms with Crippen molar-refractivity contribution >= 4 is 45.9 Å². The highest BCUT2D eigenvalue weighted by molar-refractivity contribution is 6.39. The highest BCUT2D eigenvalue weighted by atomic mass is 35.5. The number of halogens is 2. The highest BCUT2D eigenvalue weighted by Gasteiger charge is 2.19. The average molecular weight is 370 g/mol. The number of hydrogen-bond acceptors (Lipinski definition) is 4. The van der Waals surface area contributed by atoms with Crippen molar-refractivity contribution in [2.75, 3.05) is 5.32 Å². The Kier molecular flexibility index (Phi) is 4.03. The summed E-state index contributed by atoms with van der Waals surface area (Å²) < 4.78 is 1.86. The minimum absolute atomic E-state index is 0.538. The van der Waals surface area contributed by atoms with E-state index >= 15 is 0 Å². The van der Waals surface area contributed by atoms with Crippen LogP contribution >= 0.6 is 23.2 Å². The van der Waals surface area contributed by atoms with Crippen molar-refractivity contribution in [3.05, 3.63) is 64.9 Å². The van der Waals surface area contributed by atoms with E-state index < -0.39 is 0 Å². The smallest absolute Gasteiger partial charge is 0.165 e. The van der Waals surface area contributed by atoms with E-state index in [-0.39, 0.29) is 0 Å². The van der Waals surface area contributed by atoms with Gasteiger partial charge in [0.15, 0.2) is 17.0 Å². The molecular weight excluding hydrogens is 357 g/mol. The molecule has 2 aromatic carbocycles. The molecule has 4 rings (SSSR count). The van der Waals surface area contributed by atoms with Gasteiger partial charge in [-0.1, -0.05) is 47.5 Å². The molecule has 0 aliphatic rings. The summed E-state index contributed by atoms with van der Waals surface area (Å²) in [6.07, 6.45) is 1.51. The second-order valence-electron chi connectivity index (χ2n) is 5.48. The summed E-state index contributed by atoms with van der Waals surface area (Å²) in [6, 6.07) is 15.2. The van der Waals surface area contributed by atoms with Crippen LogP contribution in [-0.4, -0.2) is 19.5 Å². The van der Waals surface area contributed by atoms with Gasteiger partial charge in [0, 0.05) is 12.7 Å². The number of fused-ring (bicyclic) bond motifs is 1. The van der Waals surface area contributed by atoms with Crippen molar-refractivity contribution < 1.29 is 0 Å². The first-order valence-electron chi connectivity index (χ1n) is 7.59. The van der Waals surface area contributed by atoms with Crippen LogP contribution < -0.4 is 5.32 Å². The standard InChI is InChI=1S/C18H13Cl2N5/c1-25-17(14-12(19)8-5-9-13(14)20)24-15-16(21-10-22-18(15)25)23-11-6-3-2-4-7-11/h2-10H,1H3,(H,21,22,23). The normalized spacial score (nSPS) is 11.0. The lowest BCUT2D eigenvalue weighted by Gasteiger charge is -2.06. The molecule has 1 N–H and O–H groups in total. The lowest BCUT2D eigenvalue weighted by Crippen LogP contribution is -1.97. The van der Waals surface area contributed by atoms with Crippen molar-refractivity contribution in [3.8, 4) is 11.4 Å². The van der Waals surface area contributed by atoms with Crippen molar-refractivity contribution in [2.45, 2.75) is 0 Å². The first kappa shape index (κ1) is 15.9. The molecule has 0 saturated carbocycles. The van der Waals surface area contributed by atoms with Crippen LogP contribution in [0.25, 0.3) is 22.6 Å². The monoisotopic (exact) mass is 369 g/mol. The third-order valence-corrected chi connectivity index (χ3v) is 4.51. The first-order chi connectivity index (χ1) is 12.1. The molecule has 0 aliphatic heterocycles. The summed E-state index contributed by atoms with van der Waals surface area (Å²) in [5.41, 5.74) is 2.95. The number of aryl methyl sites for hydroxylation is 1. The molecule has 0 amide bonds. The second-order valence-corrected chi connectivity index (χ2v) is 6.29. The van der Waals surface area contributed by atoms with E-state index in [2.05, 4.69) is 15.3 Å². The van der Waals surface area contributed by atoms with Gasteiger partial charge in [-0.25, -0.2) is 15.0 Å². The fourth-order valence-corrected chi connectivity index (χ4v) is 3.25. The minimum atomic E-state index is 0.538. The molecular formula is C18H13Cl2N5. The summed E-state index contributed by atoms with van der Waals surface area (Å²) in [6.45, 7) is 0.